The molecule has 0 spiro atoms. The first-order valence-electron chi connectivity index (χ1n) is 7.05. The Hall–Kier alpha value is 0.300. The van der Waals surface area contributed by atoms with Crippen molar-refractivity contribution in [3.63, 3.8) is 0 Å². The highest BCUT2D eigenvalue weighted by Crippen LogP contribution is 2.33. The molecule has 19 heavy (non-hydrogen) atoms. The first-order valence-corrected chi connectivity index (χ1v) is 8.18. The van der Waals surface area contributed by atoms with Gasteiger partial charge in [0.1, 0.15) is 6.17 Å². The molecule has 112 valence electrons. The van der Waals surface area contributed by atoms with Crippen molar-refractivity contribution in [2.75, 3.05) is 13.1 Å². The van der Waals surface area contributed by atoms with Gasteiger partial charge in [-0.2, -0.15) is 0 Å². The van der Waals surface area contributed by atoms with Crippen LogP contribution in [-0.2, 0) is 4.79 Å². The number of alkyl halides is 3. The van der Waals surface area contributed by atoms with Crippen molar-refractivity contribution in [1.29, 1.82) is 0 Å². The number of piperidine rings is 1. The Morgan fingerprint density at radius 3 is 2.37 bits per heavy atom. The molecule has 1 aliphatic heterocycles. The third kappa shape index (κ3) is 6.52. The first-order chi connectivity index (χ1) is 8.95. The molecule has 0 aromatic heterocycles. The van der Waals surface area contributed by atoms with E-state index in [1.54, 1.807) is 0 Å². The zero-order chi connectivity index (χ0) is 14.3. The van der Waals surface area contributed by atoms with Crippen LogP contribution in [0.4, 0.5) is 0 Å². The number of hydrogen-bond donors (Lipinski definition) is 1. The Morgan fingerprint density at radius 2 is 1.84 bits per heavy atom. The standard InChI is InChI=1S/C13H23Cl3N2O/c1-2-3-5-8-11(19)17-12(13(14,15)16)18-9-6-4-7-10-18/h12H,2-10H2,1H3,(H,17,19). The van der Waals surface area contributed by atoms with Crippen LogP contribution in [0.25, 0.3) is 0 Å². The smallest absolute Gasteiger partial charge is 0.223 e. The van der Waals surface area contributed by atoms with Crippen LogP contribution in [0.1, 0.15) is 51.9 Å². The molecule has 1 fully saturated rings. The van der Waals surface area contributed by atoms with Gasteiger partial charge < -0.3 is 5.32 Å². The van der Waals surface area contributed by atoms with E-state index in [1.165, 1.54) is 6.42 Å². The fourth-order valence-electron chi connectivity index (χ4n) is 2.32. The Labute approximate surface area is 130 Å². The molecule has 0 aromatic rings. The third-order valence-corrected chi connectivity index (χ3v) is 3.99. The van der Waals surface area contributed by atoms with E-state index in [1.807, 2.05) is 0 Å². The molecule has 1 heterocycles. The number of hydrogen-bond acceptors (Lipinski definition) is 2. The van der Waals surface area contributed by atoms with E-state index in [0.29, 0.717) is 6.42 Å². The van der Waals surface area contributed by atoms with Gasteiger partial charge in [0.15, 0.2) is 0 Å². The van der Waals surface area contributed by atoms with E-state index in [2.05, 4.69) is 17.1 Å². The SMILES string of the molecule is CCCCCC(=O)NC(N1CCCCC1)C(Cl)(Cl)Cl. The predicted molar refractivity (Wildman–Crippen MR) is 81.8 cm³/mol. The number of rotatable bonds is 6. The highest BCUT2D eigenvalue weighted by molar-refractivity contribution is 6.68. The number of nitrogens with zero attached hydrogens (tertiary/aromatic N) is 1. The predicted octanol–water partition coefficient (Wildman–Crippen LogP) is 3.87. The second-order valence-corrected chi connectivity index (χ2v) is 7.43. The topological polar surface area (TPSA) is 32.3 Å². The minimum Gasteiger partial charge on any atom is -0.337 e. The van der Waals surface area contributed by atoms with Crippen LogP contribution in [0.2, 0.25) is 0 Å². The Bertz CT molecular complexity index is 276. The number of halogens is 3. The van der Waals surface area contributed by atoms with E-state index in [4.69, 9.17) is 34.8 Å². The van der Waals surface area contributed by atoms with Crippen molar-refractivity contribution in [3.05, 3.63) is 0 Å². The van der Waals surface area contributed by atoms with Crippen molar-refractivity contribution < 1.29 is 4.79 Å². The van der Waals surface area contributed by atoms with E-state index in [9.17, 15) is 4.79 Å². The van der Waals surface area contributed by atoms with E-state index < -0.39 is 9.96 Å². The van der Waals surface area contributed by atoms with Gasteiger partial charge in [-0.05, 0) is 19.3 Å². The Kier molecular flexibility index (Phi) is 7.81. The Morgan fingerprint density at radius 1 is 1.21 bits per heavy atom. The fraction of sp³-hybridized carbons (Fsp3) is 0.923. The largest absolute Gasteiger partial charge is 0.337 e. The first kappa shape index (κ1) is 17.4. The molecule has 1 saturated heterocycles. The van der Waals surface area contributed by atoms with E-state index >= 15 is 0 Å². The van der Waals surface area contributed by atoms with E-state index in [0.717, 1.165) is 45.2 Å². The van der Waals surface area contributed by atoms with Crippen LogP contribution in [-0.4, -0.2) is 33.9 Å². The van der Waals surface area contributed by atoms with Crippen LogP contribution in [0.3, 0.4) is 0 Å². The average Bonchev–Trinajstić information content (AvgIpc) is 2.36. The summed E-state index contributed by atoms with van der Waals surface area (Å²) in [6.45, 7) is 3.84. The van der Waals surface area contributed by atoms with Crippen molar-refractivity contribution >= 4 is 40.7 Å². The Balaban J connectivity index is 2.52. The fourth-order valence-corrected chi connectivity index (χ4v) is 2.89. The van der Waals surface area contributed by atoms with Crippen molar-refractivity contribution in [3.8, 4) is 0 Å². The zero-order valence-corrected chi connectivity index (χ0v) is 13.7. The lowest BCUT2D eigenvalue weighted by Crippen LogP contribution is -2.56. The molecule has 3 nitrogen and oxygen atoms in total. The van der Waals surface area contributed by atoms with Crippen molar-refractivity contribution in [2.24, 2.45) is 0 Å². The minimum absolute atomic E-state index is 0.0321. The molecular formula is C13H23Cl3N2O. The lowest BCUT2D eigenvalue weighted by Gasteiger charge is -2.38. The molecular weight excluding hydrogens is 307 g/mol. The molecule has 1 atom stereocenters. The summed E-state index contributed by atoms with van der Waals surface area (Å²) in [6.07, 6.45) is 6.38. The van der Waals surface area contributed by atoms with Gasteiger partial charge in [0.25, 0.3) is 0 Å². The maximum Gasteiger partial charge on any atom is 0.223 e. The van der Waals surface area contributed by atoms with Crippen LogP contribution in [0.5, 0.6) is 0 Å². The van der Waals surface area contributed by atoms with Crippen molar-refractivity contribution in [2.45, 2.75) is 61.8 Å². The number of likely N-dealkylation sites (tertiary alicyclic amines) is 1. The summed E-state index contributed by atoms with van der Waals surface area (Å²) < 4.78 is -1.49. The van der Waals surface area contributed by atoms with Crippen molar-refractivity contribution in [1.82, 2.24) is 10.2 Å². The zero-order valence-electron chi connectivity index (χ0n) is 11.4. The lowest BCUT2D eigenvalue weighted by molar-refractivity contribution is -0.123. The van der Waals surface area contributed by atoms with Gasteiger partial charge in [0, 0.05) is 19.5 Å². The molecule has 1 unspecified atom stereocenters. The summed E-state index contributed by atoms with van der Waals surface area (Å²) in [5, 5.41) is 2.88. The summed E-state index contributed by atoms with van der Waals surface area (Å²) >= 11 is 18.0. The lowest BCUT2D eigenvalue weighted by atomic mass is 10.1. The average molecular weight is 330 g/mol. The summed E-state index contributed by atoms with van der Waals surface area (Å²) in [6, 6.07) is 0. The highest BCUT2D eigenvalue weighted by atomic mass is 35.6. The summed E-state index contributed by atoms with van der Waals surface area (Å²) in [7, 11) is 0. The van der Waals surface area contributed by atoms with Gasteiger partial charge in [0.2, 0.25) is 9.70 Å². The maximum atomic E-state index is 11.9. The summed E-state index contributed by atoms with van der Waals surface area (Å²) in [5.41, 5.74) is 0. The number of carbonyl (C=O) groups excluding carboxylic acids is 1. The van der Waals surface area contributed by atoms with Gasteiger partial charge in [-0.25, -0.2) is 0 Å². The van der Waals surface area contributed by atoms with Crippen LogP contribution in [0.15, 0.2) is 0 Å². The molecule has 0 saturated carbocycles. The second kappa shape index (κ2) is 8.56. The van der Waals surface area contributed by atoms with Gasteiger partial charge in [-0.15, -0.1) is 0 Å². The molecule has 1 amide bonds. The number of nitrogens with one attached hydrogen (secondary N) is 1. The molecule has 1 aliphatic rings. The van der Waals surface area contributed by atoms with Gasteiger partial charge in [-0.3, -0.25) is 9.69 Å². The normalized spacial score (nSPS) is 19.2. The van der Waals surface area contributed by atoms with Gasteiger partial charge in [-0.1, -0.05) is 61.0 Å². The molecule has 0 radical (unpaired) electrons. The van der Waals surface area contributed by atoms with Gasteiger partial charge >= 0.3 is 0 Å². The third-order valence-electron chi connectivity index (χ3n) is 3.37. The molecule has 1 N–H and O–H groups in total. The minimum atomic E-state index is -1.49. The molecule has 0 aliphatic carbocycles. The van der Waals surface area contributed by atoms with Crippen LogP contribution in [0, 0.1) is 0 Å². The van der Waals surface area contributed by atoms with Crippen LogP contribution >= 0.6 is 34.8 Å². The second-order valence-electron chi connectivity index (χ2n) is 5.07. The maximum absolute atomic E-state index is 11.9. The van der Waals surface area contributed by atoms with Gasteiger partial charge in [0.05, 0.1) is 0 Å². The molecule has 0 bridgehead atoms. The summed E-state index contributed by atoms with van der Waals surface area (Å²) in [4.78, 5) is 14.0. The monoisotopic (exact) mass is 328 g/mol. The number of unbranched alkanes of at least 4 members (excludes halogenated alkanes) is 2. The number of amides is 1. The number of carbonyl (C=O) groups is 1. The highest BCUT2D eigenvalue weighted by Gasteiger charge is 2.38. The molecule has 0 aromatic carbocycles. The molecule has 1 rings (SSSR count). The quantitative estimate of drug-likeness (QED) is 0.593. The van der Waals surface area contributed by atoms with Crippen LogP contribution < -0.4 is 5.32 Å². The van der Waals surface area contributed by atoms with E-state index in [-0.39, 0.29) is 5.91 Å². The molecule has 6 heteroatoms. The summed E-state index contributed by atoms with van der Waals surface area (Å²) in [5.74, 6) is -0.0321.